The lowest BCUT2D eigenvalue weighted by Gasteiger charge is -2.14. The van der Waals surface area contributed by atoms with E-state index in [1.54, 1.807) is 6.07 Å². The Labute approximate surface area is 119 Å². The van der Waals surface area contributed by atoms with Crippen molar-refractivity contribution in [3.63, 3.8) is 0 Å². The number of fused-ring (bicyclic) bond motifs is 1. The van der Waals surface area contributed by atoms with Gasteiger partial charge in [0.25, 0.3) is 0 Å². The molecule has 3 rings (SSSR count). The summed E-state index contributed by atoms with van der Waals surface area (Å²) in [5.74, 6) is -0.243. The van der Waals surface area contributed by atoms with Crippen molar-refractivity contribution >= 4 is 23.1 Å². The molecule has 19 heavy (non-hydrogen) atoms. The van der Waals surface area contributed by atoms with E-state index < -0.39 is 6.10 Å². The molecule has 1 atom stereocenters. The van der Waals surface area contributed by atoms with Gasteiger partial charge in [0.05, 0.1) is 22.2 Å². The Hall–Kier alpha value is -0.910. The first kappa shape index (κ1) is 13.1. The molecular formula is C14H14FNOS2. The molecule has 1 aliphatic carbocycles. The van der Waals surface area contributed by atoms with Crippen LogP contribution in [-0.2, 0) is 6.42 Å². The molecule has 1 unspecified atom stereocenters. The van der Waals surface area contributed by atoms with E-state index in [0.29, 0.717) is 10.6 Å². The molecule has 0 bridgehead atoms. The SMILES string of the molecule is CSc1cccc(F)c1-c1nc2c(s1)C(O)CCC2. The second-order valence-electron chi connectivity index (χ2n) is 4.56. The quantitative estimate of drug-likeness (QED) is 0.849. The van der Waals surface area contributed by atoms with Crippen LogP contribution in [0.5, 0.6) is 0 Å². The molecule has 0 aliphatic heterocycles. The molecule has 2 aromatic rings. The Morgan fingerprint density at radius 1 is 1.47 bits per heavy atom. The van der Waals surface area contributed by atoms with Crippen LogP contribution >= 0.6 is 23.1 Å². The van der Waals surface area contributed by atoms with Crippen molar-refractivity contribution in [1.82, 2.24) is 4.98 Å². The molecule has 1 aromatic carbocycles. The molecule has 1 N–H and O–H groups in total. The fraction of sp³-hybridized carbons (Fsp3) is 0.357. The number of nitrogens with zero attached hydrogens (tertiary/aromatic N) is 1. The molecule has 100 valence electrons. The van der Waals surface area contributed by atoms with Gasteiger partial charge in [-0.25, -0.2) is 9.37 Å². The highest BCUT2D eigenvalue weighted by molar-refractivity contribution is 7.98. The van der Waals surface area contributed by atoms with Crippen LogP contribution in [0.15, 0.2) is 23.1 Å². The third kappa shape index (κ3) is 2.30. The van der Waals surface area contributed by atoms with E-state index in [4.69, 9.17) is 0 Å². The standard InChI is InChI=1S/C14H14FNOS2/c1-18-11-7-2-4-8(15)12(11)14-16-9-5-3-6-10(17)13(9)19-14/h2,4,7,10,17H,3,5-6H2,1H3. The average Bonchev–Trinajstić information content (AvgIpc) is 2.83. The van der Waals surface area contributed by atoms with Gasteiger partial charge >= 0.3 is 0 Å². The lowest BCUT2D eigenvalue weighted by atomic mass is 10.0. The molecule has 0 fully saturated rings. The molecule has 5 heteroatoms. The van der Waals surface area contributed by atoms with Crippen molar-refractivity contribution < 1.29 is 9.50 Å². The van der Waals surface area contributed by atoms with Gasteiger partial charge in [-0.15, -0.1) is 23.1 Å². The first-order valence-corrected chi connectivity index (χ1v) is 8.25. The Morgan fingerprint density at radius 2 is 2.32 bits per heavy atom. The van der Waals surface area contributed by atoms with E-state index in [0.717, 1.165) is 34.7 Å². The summed E-state index contributed by atoms with van der Waals surface area (Å²) in [6, 6.07) is 5.08. The third-order valence-corrected chi connectivity index (χ3v) is 5.33. The number of aliphatic hydroxyl groups excluding tert-OH is 1. The average molecular weight is 295 g/mol. The number of aliphatic hydroxyl groups is 1. The van der Waals surface area contributed by atoms with Crippen LogP contribution in [0.25, 0.3) is 10.6 Å². The number of benzene rings is 1. The Balaban J connectivity index is 2.13. The molecule has 0 spiro atoms. The summed E-state index contributed by atoms with van der Waals surface area (Å²) in [5, 5.41) is 10.7. The lowest BCUT2D eigenvalue weighted by Crippen LogP contribution is -2.06. The number of hydrogen-bond acceptors (Lipinski definition) is 4. The van der Waals surface area contributed by atoms with Gasteiger partial charge in [-0.2, -0.15) is 0 Å². The van der Waals surface area contributed by atoms with Crippen molar-refractivity contribution in [2.45, 2.75) is 30.3 Å². The molecule has 0 amide bonds. The zero-order chi connectivity index (χ0) is 13.4. The number of halogens is 1. The summed E-state index contributed by atoms with van der Waals surface area (Å²) in [6.07, 6.45) is 4.11. The smallest absolute Gasteiger partial charge is 0.134 e. The zero-order valence-electron chi connectivity index (χ0n) is 10.5. The van der Waals surface area contributed by atoms with Crippen molar-refractivity contribution in [2.24, 2.45) is 0 Å². The van der Waals surface area contributed by atoms with E-state index >= 15 is 0 Å². The summed E-state index contributed by atoms with van der Waals surface area (Å²) in [7, 11) is 0. The second kappa shape index (κ2) is 5.23. The molecule has 1 heterocycles. The number of aromatic nitrogens is 1. The number of thioether (sulfide) groups is 1. The van der Waals surface area contributed by atoms with E-state index in [2.05, 4.69) is 4.98 Å². The normalized spacial score (nSPS) is 18.4. The summed E-state index contributed by atoms with van der Waals surface area (Å²) >= 11 is 2.94. The van der Waals surface area contributed by atoms with E-state index in [1.807, 2.05) is 12.3 Å². The molecule has 0 radical (unpaired) electrons. The van der Waals surface area contributed by atoms with Crippen LogP contribution in [0, 0.1) is 5.82 Å². The number of thiazole rings is 1. The maximum Gasteiger partial charge on any atom is 0.134 e. The minimum atomic E-state index is -0.431. The lowest BCUT2D eigenvalue weighted by molar-refractivity contribution is 0.160. The zero-order valence-corrected chi connectivity index (χ0v) is 12.2. The second-order valence-corrected chi connectivity index (χ2v) is 6.43. The Morgan fingerprint density at radius 3 is 3.05 bits per heavy atom. The molecule has 1 aliphatic rings. The van der Waals surface area contributed by atoms with Crippen molar-refractivity contribution in [3.8, 4) is 10.6 Å². The van der Waals surface area contributed by atoms with Crippen molar-refractivity contribution in [3.05, 3.63) is 34.6 Å². The van der Waals surface area contributed by atoms with Gasteiger partial charge in [0.1, 0.15) is 10.8 Å². The van der Waals surface area contributed by atoms with Crippen LogP contribution in [0.1, 0.15) is 29.5 Å². The topological polar surface area (TPSA) is 33.1 Å². The molecule has 0 saturated carbocycles. The summed E-state index contributed by atoms with van der Waals surface area (Å²) in [5.41, 5.74) is 1.51. The highest BCUT2D eigenvalue weighted by Gasteiger charge is 2.24. The molecular weight excluding hydrogens is 281 g/mol. The van der Waals surface area contributed by atoms with E-state index in [-0.39, 0.29) is 5.82 Å². The van der Waals surface area contributed by atoms with Crippen LogP contribution in [0.2, 0.25) is 0 Å². The summed E-state index contributed by atoms with van der Waals surface area (Å²) in [6.45, 7) is 0. The minimum absolute atomic E-state index is 0.243. The van der Waals surface area contributed by atoms with Crippen molar-refractivity contribution in [2.75, 3.05) is 6.26 Å². The van der Waals surface area contributed by atoms with Gasteiger partial charge in [0, 0.05) is 4.90 Å². The number of hydrogen-bond donors (Lipinski definition) is 1. The van der Waals surface area contributed by atoms with E-state index in [1.165, 1.54) is 29.2 Å². The molecule has 2 nitrogen and oxygen atoms in total. The largest absolute Gasteiger partial charge is 0.388 e. The van der Waals surface area contributed by atoms with Crippen LogP contribution < -0.4 is 0 Å². The van der Waals surface area contributed by atoms with Crippen molar-refractivity contribution in [1.29, 1.82) is 0 Å². The number of rotatable bonds is 2. The van der Waals surface area contributed by atoms with Gasteiger partial charge in [-0.05, 0) is 37.7 Å². The summed E-state index contributed by atoms with van der Waals surface area (Å²) < 4.78 is 14.1. The first-order valence-electron chi connectivity index (χ1n) is 6.21. The van der Waals surface area contributed by atoms with Crippen LogP contribution in [0.3, 0.4) is 0 Å². The van der Waals surface area contributed by atoms with E-state index in [9.17, 15) is 9.50 Å². The van der Waals surface area contributed by atoms with Gasteiger partial charge in [-0.3, -0.25) is 0 Å². The Kier molecular flexibility index (Phi) is 3.60. The third-order valence-electron chi connectivity index (χ3n) is 3.33. The van der Waals surface area contributed by atoms with Crippen LogP contribution in [0.4, 0.5) is 4.39 Å². The van der Waals surface area contributed by atoms with Crippen LogP contribution in [-0.4, -0.2) is 16.3 Å². The van der Waals surface area contributed by atoms with Gasteiger partial charge in [0.2, 0.25) is 0 Å². The van der Waals surface area contributed by atoms with Gasteiger partial charge in [-0.1, -0.05) is 6.07 Å². The number of aryl methyl sites for hydroxylation is 1. The predicted octanol–water partition coefficient (Wildman–Crippen LogP) is 4.04. The van der Waals surface area contributed by atoms with Gasteiger partial charge < -0.3 is 5.11 Å². The highest BCUT2D eigenvalue weighted by Crippen LogP contribution is 2.41. The molecule has 0 saturated heterocycles. The maximum atomic E-state index is 14.1. The minimum Gasteiger partial charge on any atom is -0.388 e. The summed E-state index contributed by atoms with van der Waals surface area (Å²) in [4.78, 5) is 6.35. The first-order chi connectivity index (χ1) is 9.20. The molecule has 1 aromatic heterocycles. The highest BCUT2D eigenvalue weighted by atomic mass is 32.2. The fourth-order valence-corrected chi connectivity index (χ4v) is 4.26. The monoisotopic (exact) mass is 295 g/mol. The predicted molar refractivity (Wildman–Crippen MR) is 77.2 cm³/mol. The maximum absolute atomic E-state index is 14.1. The van der Waals surface area contributed by atoms with Gasteiger partial charge in [0.15, 0.2) is 0 Å². The fourth-order valence-electron chi connectivity index (χ4n) is 2.39. The Bertz CT molecular complexity index is 611.